The van der Waals surface area contributed by atoms with Gasteiger partial charge in [0.2, 0.25) is 0 Å². The minimum Gasteiger partial charge on any atom is -0.497 e. The second-order valence-corrected chi connectivity index (χ2v) is 22.9. The molecule has 2 aliphatic rings. The number of nitrogens with zero attached hydrogens (tertiary/aromatic N) is 4. The molecular formula is C65H52N4O2S4. The van der Waals surface area contributed by atoms with Crippen LogP contribution in [0.3, 0.4) is 0 Å². The lowest BCUT2D eigenvalue weighted by molar-refractivity contribution is 0.414. The van der Waals surface area contributed by atoms with Crippen molar-refractivity contribution in [2.24, 2.45) is 0 Å². The van der Waals surface area contributed by atoms with Crippen molar-refractivity contribution >= 4 is 124 Å². The minimum absolute atomic E-state index is 0.558. The molecule has 0 fully saturated rings. The zero-order valence-electron chi connectivity index (χ0n) is 42.5. The Bertz CT molecular complexity index is 3970. The van der Waals surface area contributed by atoms with E-state index in [0.29, 0.717) is 0 Å². The molecule has 0 N–H and O–H groups in total. The van der Waals surface area contributed by atoms with Crippen molar-refractivity contribution < 1.29 is 9.47 Å². The topological polar surface area (TPSA) is 34.8 Å². The number of methoxy groups -OCH3 is 2. The number of hydrogen-bond acceptors (Lipinski definition) is 8. The number of aromatic nitrogens is 2. The Morgan fingerprint density at radius 1 is 0.413 bits per heavy atom. The Hall–Kier alpha value is -7.34. The van der Waals surface area contributed by atoms with Gasteiger partial charge in [0, 0.05) is 110 Å². The summed E-state index contributed by atoms with van der Waals surface area (Å²) < 4.78 is 16.3. The average Bonchev–Trinajstić information content (AvgIpc) is 4.52. The lowest BCUT2D eigenvalue weighted by Crippen LogP contribution is -2.26. The van der Waals surface area contributed by atoms with Gasteiger partial charge in [0.15, 0.2) is 0 Å². The molecule has 2 aliphatic carbocycles. The smallest absolute Gasteiger partial charge is 0.119 e. The summed E-state index contributed by atoms with van der Waals surface area (Å²) in [6, 6.07) is 64.1. The average molecular weight is 1050 g/mol. The molecular weight excluding hydrogens is 997 g/mol. The van der Waals surface area contributed by atoms with Gasteiger partial charge in [0.1, 0.15) is 11.5 Å². The fraction of sp³-hybridized carbons (Fsp3) is 0.138. The Labute approximate surface area is 453 Å². The number of aryl methyl sites for hydroxylation is 2. The first-order chi connectivity index (χ1) is 36.9. The third-order valence-corrected chi connectivity index (χ3v) is 19.3. The summed E-state index contributed by atoms with van der Waals surface area (Å²) >= 11 is 7.30. The maximum Gasteiger partial charge on any atom is 0.119 e. The van der Waals surface area contributed by atoms with Crippen molar-refractivity contribution in [2.45, 2.75) is 42.1 Å². The molecule has 14 rings (SSSR count). The molecule has 0 saturated heterocycles. The molecule has 0 radical (unpaired) electrons. The fourth-order valence-electron chi connectivity index (χ4n) is 12.6. The van der Waals surface area contributed by atoms with Gasteiger partial charge >= 0.3 is 0 Å². The molecule has 1 spiro atoms. The van der Waals surface area contributed by atoms with E-state index < -0.39 is 5.41 Å². The highest BCUT2D eigenvalue weighted by molar-refractivity contribution is 7.98. The number of thiophene rings is 2. The van der Waals surface area contributed by atoms with Crippen LogP contribution in [0.15, 0.2) is 190 Å². The van der Waals surface area contributed by atoms with Gasteiger partial charge in [-0.25, -0.2) is 0 Å². The summed E-state index contributed by atoms with van der Waals surface area (Å²) in [4.78, 5) is 10.1. The molecule has 0 unspecified atom stereocenters. The van der Waals surface area contributed by atoms with Gasteiger partial charge in [-0.2, -0.15) is 0 Å². The maximum absolute atomic E-state index is 5.73. The number of ether oxygens (including phenoxy) is 2. The van der Waals surface area contributed by atoms with Crippen molar-refractivity contribution in [3.05, 3.63) is 203 Å². The summed E-state index contributed by atoms with van der Waals surface area (Å²) in [6.45, 7) is 6.26. The predicted octanol–water partition coefficient (Wildman–Crippen LogP) is 18.8. The van der Waals surface area contributed by atoms with Crippen LogP contribution in [0.4, 0.5) is 34.1 Å². The van der Waals surface area contributed by atoms with E-state index in [-0.39, 0.29) is 0 Å². The molecule has 0 aliphatic heterocycles. The van der Waals surface area contributed by atoms with Gasteiger partial charge in [-0.1, -0.05) is 12.1 Å². The quantitative estimate of drug-likeness (QED) is 0.113. The van der Waals surface area contributed by atoms with Crippen LogP contribution in [0.5, 0.6) is 11.5 Å². The molecule has 75 heavy (non-hydrogen) atoms. The van der Waals surface area contributed by atoms with Gasteiger partial charge in [-0.05, 0) is 228 Å². The SMILES string of the molecule is CCn1c2ccc(SC)cc2c2cc(N(c3ccc(OC)cc3)c3ccc4c(c3)C3(c5cc(N(c6ccc(OC)cc6)c6ccc7c(c6)c6cc(SC)ccc6n7CC)ccc5-4)c4ccsc4-c4sccc43)ccc21. The van der Waals surface area contributed by atoms with Crippen LogP contribution >= 0.6 is 46.2 Å². The van der Waals surface area contributed by atoms with E-state index in [2.05, 4.69) is 226 Å². The Kier molecular flexibility index (Phi) is 11.0. The third-order valence-electron chi connectivity index (χ3n) is 15.9. The number of thioether (sulfide) groups is 2. The number of anilines is 6. The van der Waals surface area contributed by atoms with E-state index in [1.54, 1.807) is 37.7 Å². The second kappa shape index (κ2) is 17.9. The molecule has 4 aromatic heterocycles. The number of fused-ring (bicyclic) bond motifs is 16. The first-order valence-corrected chi connectivity index (χ1v) is 29.6. The molecule has 368 valence electrons. The van der Waals surface area contributed by atoms with Gasteiger partial charge < -0.3 is 28.4 Å². The summed E-state index contributed by atoms with van der Waals surface area (Å²) in [7, 11) is 3.47. The van der Waals surface area contributed by atoms with Gasteiger partial charge in [-0.3, -0.25) is 0 Å². The van der Waals surface area contributed by atoms with Crippen molar-refractivity contribution in [3.63, 3.8) is 0 Å². The van der Waals surface area contributed by atoms with Crippen molar-refractivity contribution in [1.29, 1.82) is 0 Å². The minimum atomic E-state index is -0.558. The zero-order valence-corrected chi connectivity index (χ0v) is 45.7. The van der Waals surface area contributed by atoms with E-state index in [4.69, 9.17) is 9.47 Å². The normalized spacial score (nSPS) is 13.0. The molecule has 6 nitrogen and oxygen atoms in total. The number of hydrogen-bond donors (Lipinski definition) is 0. The first kappa shape index (κ1) is 46.2. The molecule has 8 aromatic carbocycles. The van der Waals surface area contributed by atoms with Crippen LogP contribution in [0.1, 0.15) is 36.1 Å². The standard InChI is InChI=1S/C65H52N4O2S4/c1-7-66-59-25-15-41(33-51(59)53-37-47(72-5)21-27-61(53)66)68(39-9-17-45(70-3)18-10-39)43-13-23-49-50-24-14-44(36-58(50)65(57(49)35-43)55-29-31-74-63(55)64-56(65)30-32-75-64)69(40-11-19-46(71-4)20-12-40)42-16-26-60-52(34-42)54-38-48(73-6)22-28-62(54)67(60)8-2/h9-38H,7-8H2,1-6H3. The fourth-order valence-corrected chi connectivity index (χ4v) is 15.6. The third kappa shape index (κ3) is 6.79. The van der Waals surface area contributed by atoms with E-state index in [1.165, 1.54) is 96.5 Å². The molecule has 12 aromatic rings. The van der Waals surface area contributed by atoms with Gasteiger partial charge in [0.05, 0.1) is 19.6 Å². The van der Waals surface area contributed by atoms with Crippen LogP contribution in [0, 0.1) is 0 Å². The van der Waals surface area contributed by atoms with Crippen molar-refractivity contribution in [3.8, 4) is 32.4 Å². The molecule has 0 amide bonds. The molecule has 10 heteroatoms. The summed E-state index contributed by atoms with van der Waals surface area (Å²) in [6.07, 6.45) is 4.31. The Morgan fingerprint density at radius 3 is 1.16 bits per heavy atom. The first-order valence-electron chi connectivity index (χ1n) is 25.4. The van der Waals surface area contributed by atoms with Crippen LogP contribution in [-0.2, 0) is 18.5 Å². The molecule has 0 atom stereocenters. The van der Waals surface area contributed by atoms with Crippen LogP contribution in [0.25, 0.3) is 64.5 Å². The highest BCUT2D eigenvalue weighted by Crippen LogP contribution is 2.66. The largest absolute Gasteiger partial charge is 0.497 e. The van der Waals surface area contributed by atoms with E-state index in [0.717, 1.165) is 58.7 Å². The summed E-state index contributed by atoms with van der Waals surface area (Å²) in [5.41, 5.74) is 18.8. The zero-order chi connectivity index (χ0) is 50.7. The van der Waals surface area contributed by atoms with Crippen molar-refractivity contribution in [1.82, 2.24) is 9.13 Å². The molecule has 4 heterocycles. The predicted molar refractivity (Wildman–Crippen MR) is 322 cm³/mol. The van der Waals surface area contributed by atoms with Gasteiger partial charge in [0.25, 0.3) is 0 Å². The highest BCUT2D eigenvalue weighted by Gasteiger charge is 2.53. The number of benzene rings is 8. The second-order valence-electron chi connectivity index (χ2n) is 19.3. The molecule has 0 bridgehead atoms. The lowest BCUT2D eigenvalue weighted by atomic mass is 9.71. The van der Waals surface area contributed by atoms with Crippen molar-refractivity contribution in [2.75, 3.05) is 36.5 Å². The Balaban J connectivity index is 0.988. The highest BCUT2D eigenvalue weighted by atomic mass is 32.2. The van der Waals surface area contributed by atoms with Gasteiger partial charge in [-0.15, -0.1) is 46.2 Å². The van der Waals surface area contributed by atoms with E-state index >= 15 is 0 Å². The summed E-state index contributed by atoms with van der Waals surface area (Å²) in [5, 5.41) is 9.64. The van der Waals surface area contributed by atoms with Crippen LogP contribution in [-0.4, -0.2) is 35.9 Å². The monoisotopic (exact) mass is 1050 g/mol. The van der Waals surface area contributed by atoms with Crippen LogP contribution < -0.4 is 19.3 Å². The summed E-state index contributed by atoms with van der Waals surface area (Å²) in [5.74, 6) is 1.65. The van der Waals surface area contributed by atoms with E-state index in [9.17, 15) is 0 Å². The molecule has 0 saturated carbocycles. The maximum atomic E-state index is 5.73. The lowest BCUT2D eigenvalue weighted by Gasteiger charge is -2.32. The number of rotatable bonds is 12. The van der Waals surface area contributed by atoms with Crippen LogP contribution in [0.2, 0.25) is 0 Å². The van der Waals surface area contributed by atoms with E-state index in [1.807, 2.05) is 22.7 Å². The Morgan fingerprint density at radius 2 is 0.773 bits per heavy atom.